The number of likely N-dealkylation sites (tertiary alicyclic amines) is 1. The van der Waals surface area contributed by atoms with Crippen LogP contribution in [0.5, 0.6) is 5.75 Å². The van der Waals surface area contributed by atoms with Gasteiger partial charge in [0.25, 0.3) is 5.91 Å². The Morgan fingerprint density at radius 1 is 1.06 bits per heavy atom. The number of methoxy groups -OCH3 is 1. The van der Waals surface area contributed by atoms with Crippen LogP contribution in [0.2, 0.25) is 0 Å². The van der Waals surface area contributed by atoms with E-state index in [1.54, 1.807) is 7.11 Å². The number of nitrogens with one attached hydrogen (secondary N) is 1. The quantitative estimate of drug-likeness (QED) is 0.436. The van der Waals surface area contributed by atoms with Crippen molar-refractivity contribution in [1.82, 2.24) is 9.88 Å². The average molecular weight is 451 g/mol. The molecule has 1 aromatic heterocycles. The number of carbonyl (C=O) groups excluding carboxylic acids is 1. The molecule has 2 heterocycles. The lowest BCUT2D eigenvalue weighted by molar-refractivity contribution is 0.0501. The van der Waals surface area contributed by atoms with Gasteiger partial charge in [0.1, 0.15) is 5.75 Å². The first-order valence-electron chi connectivity index (χ1n) is 12.2. The van der Waals surface area contributed by atoms with Gasteiger partial charge in [0.2, 0.25) is 0 Å². The number of benzene rings is 3. The second-order valence-corrected chi connectivity index (χ2v) is 9.91. The van der Waals surface area contributed by atoms with E-state index in [-0.39, 0.29) is 11.3 Å². The number of aromatic amines is 1. The summed E-state index contributed by atoms with van der Waals surface area (Å²) >= 11 is 0. The zero-order chi connectivity index (χ0) is 23.3. The van der Waals surface area contributed by atoms with Crippen LogP contribution in [0.1, 0.15) is 39.2 Å². The molecular weight excluding hydrogens is 420 g/mol. The maximum atomic E-state index is 13.4. The summed E-state index contributed by atoms with van der Waals surface area (Å²) in [6, 6.07) is 24.8. The lowest BCUT2D eigenvalue weighted by Gasteiger charge is -2.51. The molecule has 4 heteroatoms. The highest BCUT2D eigenvalue weighted by Crippen LogP contribution is 2.50. The number of aryl methyl sites for hydroxylation is 1. The fourth-order valence-electron chi connectivity index (χ4n) is 6.43. The van der Waals surface area contributed by atoms with Crippen molar-refractivity contribution >= 4 is 16.8 Å². The van der Waals surface area contributed by atoms with Crippen LogP contribution in [0.25, 0.3) is 10.9 Å². The molecule has 0 saturated carbocycles. The number of aromatic nitrogens is 1. The molecule has 172 valence electrons. The molecule has 4 nitrogen and oxygen atoms in total. The maximum absolute atomic E-state index is 13.4. The molecule has 0 radical (unpaired) electrons. The highest BCUT2D eigenvalue weighted by molar-refractivity contribution is 5.94. The van der Waals surface area contributed by atoms with Crippen molar-refractivity contribution in [2.75, 3.05) is 20.2 Å². The number of ether oxygens (including phenoxy) is 1. The Labute approximate surface area is 200 Å². The number of carbonyl (C=O) groups is 1. The zero-order valence-electron chi connectivity index (χ0n) is 19.8. The van der Waals surface area contributed by atoms with Crippen LogP contribution in [0, 0.1) is 12.8 Å². The van der Waals surface area contributed by atoms with E-state index in [4.69, 9.17) is 4.74 Å². The molecule has 1 amide bonds. The van der Waals surface area contributed by atoms with Gasteiger partial charge in [-0.25, -0.2) is 0 Å². The third-order valence-corrected chi connectivity index (χ3v) is 8.17. The smallest absolute Gasteiger partial charge is 0.253 e. The van der Waals surface area contributed by atoms with Gasteiger partial charge in [-0.05, 0) is 79.1 Å². The molecule has 4 aromatic rings. The van der Waals surface area contributed by atoms with Gasteiger partial charge in [0.05, 0.1) is 7.11 Å². The standard InChI is InChI=1S/C30H30N2O2/c1-20-8-6-13-26-28(20)25-17-23-19-32(29(33)21-9-4-3-5-10-21)15-14-30(23,18-27(25)31-26)22-11-7-12-24(16-22)34-2/h3-13,16,23,31H,14-15,17-19H2,1-2H3/t23?,30-/m1/s1. The summed E-state index contributed by atoms with van der Waals surface area (Å²) in [6.45, 7) is 3.73. The van der Waals surface area contributed by atoms with Crippen molar-refractivity contribution < 1.29 is 9.53 Å². The third kappa shape index (κ3) is 3.24. The molecule has 1 aliphatic heterocycles. The molecule has 3 aromatic carbocycles. The van der Waals surface area contributed by atoms with Crippen LogP contribution < -0.4 is 4.74 Å². The van der Waals surface area contributed by atoms with Gasteiger partial charge in [-0.1, -0.05) is 42.5 Å². The van der Waals surface area contributed by atoms with E-state index >= 15 is 0 Å². The number of H-pyrrole nitrogens is 1. The van der Waals surface area contributed by atoms with Crippen LogP contribution in [-0.2, 0) is 18.3 Å². The lowest BCUT2D eigenvalue weighted by Crippen LogP contribution is -2.55. The Kier molecular flexibility index (Phi) is 4.98. The highest BCUT2D eigenvalue weighted by atomic mass is 16.5. The molecule has 34 heavy (non-hydrogen) atoms. The van der Waals surface area contributed by atoms with Crippen molar-refractivity contribution in [3.8, 4) is 5.75 Å². The fourth-order valence-corrected chi connectivity index (χ4v) is 6.43. The van der Waals surface area contributed by atoms with Gasteiger partial charge < -0.3 is 14.6 Å². The Morgan fingerprint density at radius 3 is 2.71 bits per heavy atom. The molecule has 1 fully saturated rings. The van der Waals surface area contributed by atoms with E-state index in [2.05, 4.69) is 53.2 Å². The Morgan fingerprint density at radius 2 is 1.88 bits per heavy atom. The number of fused-ring (bicyclic) bond motifs is 4. The molecular formula is C30H30N2O2. The first-order valence-corrected chi connectivity index (χ1v) is 12.2. The highest BCUT2D eigenvalue weighted by Gasteiger charge is 2.49. The second kappa shape index (κ2) is 8.05. The molecule has 2 atom stereocenters. The summed E-state index contributed by atoms with van der Waals surface area (Å²) < 4.78 is 5.60. The van der Waals surface area contributed by atoms with E-state index in [0.717, 1.165) is 43.7 Å². The van der Waals surface area contributed by atoms with Crippen molar-refractivity contribution in [2.24, 2.45) is 5.92 Å². The topological polar surface area (TPSA) is 45.3 Å². The van der Waals surface area contributed by atoms with Gasteiger partial charge >= 0.3 is 0 Å². The number of nitrogens with zero attached hydrogens (tertiary/aromatic N) is 1. The summed E-state index contributed by atoms with van der Waals surface area (Å²) in [5.74, 6) is 1.37. The maximum Gasteiger partial charge on any atom is 0.253 e. The average Bonchev–Trinajstić information content (AvgIpc) is 3.25. The van der Waals surface area contributed by atoms with Gasteiger partial charge in [0, 0.05) is 40.7 Å². The SMILES string of the molecule is COc1cccc([C@]23CCN(C(=O)c4ccccc4)CC2Cc2c([nH]c4cccc(C)c24)C3)c1. The molecule has 1 unspecified atom stereocenters. The summed E-state index contributed by atoms with van der Waals surface area (Å²) in [7, 11) is 1.73. The van der Waals surface area contributed by atoms with Gasteiger partial charge in [-0.2, -0.15) is 0 Å². The Hall–Kier alpha value is -3.53. The lowest BCUT2D eigenvalue weighted by atomic mass is 9.58. The minimum absolute atomic E-state index is 0.0240. The van der Waals surface area contributed by atoms with Crippen LogP contribution in [-0.4, -0.2) is 36.0 Å². The summed E-state index contributed by atoms with van der Waals surface area (Å²) in [5, 5.41) is 1.36. The molecule has 0 spiro atoms. The molecule has 1 saturated heterocycles. The Bertz CT molecular complexity index is 1370. The van der Waals surface area contributed by atoms with E-state index in [0.29, 0.717) is 5.92 Å². The number of rotatable bonds is 3. The van der Waals surface area contributed by atoms with Gasteiger partial charge in [-0.3, -0.25) is 4.79 Å². The summed E-state index contributed by atoms with van der Waals surface area (Å²) in [4.78, 5) is 19.2. The number of hydrogen-bond donors (Lipinski definition) is 1. The van der Waals surface area contributed by atoms with E-state index in [1.165, 1.54) is 33.3 Å². The first-order chi connectivity index (χ1) is 16.6. The monoisotopic (exact) mass is 450 g/mol. The normalized spacial score (nSPS) is 21.7. The number of amides is 1. The molecule has 1 N–H and O–H groups in total. The number of piperidine rings is 1. The van der Waals surface area contributed by atoms with Crippen LogP contribution in [0.3, 0.4) is 0 Å². The largest absolute Gasteiger partial charge is 0.497 e. The molecule has 0 bridgehead atoms. The summed E-state index contributed by atoms with van der Waals surface area (Å²) in [5.41, 5.74) is 7.40. The zero-order valence-corrected chi connectivity index (χ0v) is 19.8. The predicted molar refractivity (Wildman–Crippen MR) is 136 cm³/mol. The van der Waals surface area contributed by atoms with Crippen molar-refractivity contribution in [3.05, 3.63) is 101 Å². The van der Waals surface area contributed by atoms with Crippen molar-refractivity contribution in [1.29, 1.82) is 0 Å². The van der Waals surface area contributed by atoms with Crippen LogP contribution >= 0.6 is 0 Å². The minimum atomic E-state index is -0.0240. The fraction of sp³-hybridized carbons (Fsp3) is 0.300. The molecule has 6 rings (SSSR count). The second-order valence-electron chi connectivity index (χ2n) is 9.91. The Balaban J connectivity index is 1.45. The minimum Gasteiger partial charge on any atom is -0.497 e. The third-order valence-electron chi connectivity index (χ3n) is 8.17. The van der Waals surface area contributed by atoms with Gasteiger partial charge in [-0.15, -0.1) is 0 Å². The van der Waals surface area contributed by atoms with Crippen LogP contribution in [0.15, 0.2) is 72.8 Å². The predicted octanol–water partition coefficient (Wildman–Crippen LogP) is 5.68. The summed E-state index contributed by atoms with van der Waals surface area (Å²) in [6.07, 6.45) is 2.87. The van der Waals surface area contributed by atoms with E-state index < -0.39 is 0 Å². The molecule has 2 aliphatic rings. The van der Waals surface area contributed by atoms with E-state index in [1.807, 2.05) is 36.4 Å². The number of hydrogen-bond acceptors (Lipinski definition) is 2. The molecule has 1 aliphatic carbocycles. The van der Waals surface area contributed by atoms with Crippen molar-refractivity contribution in [3.63, 3.8) is 0 Å². The first kappa shape index (κ1) is 21.0. The van der Waals surface area contributed by atoms with E-state index in [9.17, 15) is 4.79 Å². The van der Waals surface area contributed by atoms with Crippen molar-refractivity contribution in [2.45, 2.75) is 31.6 Å². The van der Waals surface area contributed by atoms with Crippen LogP contribution in [0.4, 0.5) is 0 Å². The van der Waals surface area contributed by atoms with Gasteiger partial charge in [0.15, 0.2) is 0 Å².